The lowest BCUT2D eigenvalue weighted by atomic mass is 10.1. The number of rotatable bonds is 4. The van der Waals surface area contributed by atoms with Gasteiger partial charge in [-0.1, -0.05) is 18.2 Å². The summed E-state index contributed by atoms with van der Waals surface area (Å²) >= 11 is 0. The van der Waals surface area contributed by atoms with E-state index in [2.05, 4.69) is 4.98 Å². The highest BCUT2D eigenvalue weighted by Gasteiger charge is 2.07. The van der Waals surface area contributed by atoms with E-state index in [9.17, 15) is 4.79 Å². The molecule has 0 saturated heterocycles. The van der Waals surface area contributed by atoms with Crippen LogP contribution in [-0.2, 0) is 11.3 Å². The number of hydrogen-bond acceptors (Lipinski definition) is 4. The van der Waals surface area contributed by atoms with Gasteiger partial charge in [-0.05, 0) is 31.2 Å². The fourth-order valence-corrected chi connectivity index (χ4v) is 1.75. The smallest absolute Gasteiger partial charge is 0.338 e. The Kier molecular flexibility index (Phi) is 4.26. The van der Waals surface area contributed by atoms with Crippen molar-refractivity contribution >= 4 is 5.97 Å². The van der Waals surface area contributed by atoms with Crippen LogP contribution in [0.5, 0.6) is 0 Å². The predicted octanol–water partition coefficient (Wildman–Crippen LogP) is 2.38. The number of pyridine rings is 1. The SMILES string of the molecule is CCOC(=O)c1ccc(-c2cccc(CN)n2)cc1. The average molecular weight is 256 g/mol. The molecule has 1 aromatic heterocycles. The quantitative estimate of drug-likeness (QED) is 0.853. The van der Waals surface area contributed by atoms with Crippen LogP contribution in [0, 0.1) is 0 Å². The molecule has 1 heterocycles. The van der Waals surface area contributed by atoms with Gasteiger partial charge in [-0.2, -0.15) is 0 Å². The summed E-state index contributed by atoms with van der Waals surface area (Å²) in [5, 5.41) is 0. The molecule has 2 aromatic rings. The Morgan fingerprint density at radius 2 is 1.95 bits per heavy atom. The van der Waals surface area contributed by atoms with Crippen LogP contribution >= 0.6 is 0 Å². The zero-order valence-corrected chi connectivity index (χ0v) is 10.8. The Morgan fingerprint density at radius 3 is 2.58 bits per heavy atom. The van der Waals surface area contributed by atoms with Gasteiger partial charge < -0.3 is 10.5 Å². The Bertz CT molecular complexity index is 565. The Labute approximate surface area is 112 Å². The normalized spacial score (nSPS) is 10.2. The summed E-state index contributed by atoms with van der Waals surface area (Å²) in [5.41, 5.74) is 8.75. The molecule has 0 saturated carbocycles. The fraction of sp³-hybridized carbons (Fsp3) is 0.200. The third kappa shape index (κ3) is 3.17. The van der Waals surface area contributed by atoms with E-state index >= 15 is 0 Å². The molecule has 0 amide bonds. The molecule has 0 spiro atoms. The standard InChI is InChI=1S/C15H16N2O2/c1-2-19-15(18)12-8-6-11(7-9-12)14-5-3-4-13(10-16)17-14/h3-9H,2,10,16H2,1H3. The number of nitrogens with two attached hydrogens (primary N) is 1. The molecule has 19 heavy (non-hydrogen) atoms. The largest absolute Gasteiger partial charge is 0.462 e. The van der Waals surface area contributed by atoms with Crippen molar-refractivity contribution in [2.24, 2.45) is 5.73 Å². The number of carbonyl (C=O) groups excluding carboxylic acids is 1. The van der Waals surface area contributed by atoms with Gasteiger partial charge in [0.2, 0.25) is 0 Å². The summed E-state index contributed by atoms with van der Waals surface area (Å²) in [7, 11) is 0. The summed E-state index contributed by atoms with van der Waals surface area (Å²) in [6, 6.07) is 12.9. The zero-order chi connectivity index (χ0) is 13.7. The van der Waals surface area contributed by atoms with Gasteiger partial charge in [-0.25, -0.2) is 4.79 Å². The average Bonchev–Trinajstić information content (AvgIpc) is 2.48. The number of aromatic nitrogens is 1. The van der Waals surface area contributed by atoms with Gasteiger partial charge in [0.15, 0.2) is 0 Å². The molecule has 0 unspecified atom stereocenters. The van der Waals surface area contributed by atoms with Crippen LogP contribution in [-0.4, -0.2) is 17.6 Å². The molecule has 2 rings (SSSR count). The molecule has 4 heteroatoms. The molecule has 0 fully saturated rings. The van der Waals surface area contributed by atoms with Crippen molar-refractivity contribution in [1.82, 2.24) is 4.98 Å². The van der Waals surface area contributed by atoms with Crippen LogP contribution in [0.25, 0.3) is 11.3 Å². The Balaban J connectivity index is 2.24. The first-order chi connectivity index (χ1) is 9.24. The minimum Gasteiger partial charge on any atom is -0.462 e. The van der Waals surface area contributed by atoms with Crippen molar-refractivity contribution in [2.75, 3.05) is 6.61 Å². The van der Waals surface area contributed by atoms with Gasteiger partial charge >= 0.3 is 5.97 Å². The second-order valence-electron chi connectivity index (χ2n) is 4.02. The Morgan fingerprint density at radius 1 is 1.21 bits per heavy atom. The lowest BCUT2D eigenvalue weighted by Crippen LogP contribution is -2.04. The zero-order valence-electron chi connectivity index (χ0n) is 10.8. The maximum Gasteiger partial charge on any atom is 0.338 e. The second kappa shape index (κ2) is 6.11. The summed E-state index contributed by atoms with van der Waals surface area (Å²) in [6.45, 7) is 2.57. The highest BCUT2D eigenvalue weighted by molar-refractivity contribution is 5.89. The molecule has 0 bridgehead atoms. The summed E-state index contributed by atoms with van der Waals surface area (Å²) in [4.78, 5) is 16.0. The van der Waals surface area contributed by atoms with Gasteiger partial charge in [0.1, 0.15) is 0 Å². The van der Waals surface area contributed by atoms with Crippen LogP contribution in [0.1, 0.15) is 23.0 Å². The highest BCUT2D eigenvalue weighted by atomic mass is 16.5. The van der Waals surface area contributed by atoms with E-state index in [1.165, 1.54) is 0 Å². The van der Waals surface area contributed by atoms with E-state index in [4.69, 9.17) is 10.5 Å². The summed E-state index contributed by atoms with van der Waals surface area (Å²) in [5.74, 6) is -0.308. The van der Waals surface area contributed by atoms with Crippen molar-refractivity contribution < 1.29 is 9.53 Å². The number of carbonyl (C=O) groups is 1. The second-order valence-corrected chi connectivity index (χ2v) is 4.02. The third-order valence-electron chi connectivity index (χ3n) is 2.71. The molecule has 0 aliphatic heterocycles. The molecule has 2 N–H and O–H groups in total. The third-order valence-corrected chi connectivity index (χ3v) is 2.71. The van der Waals surface area contributed by atoms with Gasteiger partial charge in [-0.15, -0.1) is 0 Å². The van der Waals surface area contributed by atoms with E-state index in [-0.39, 0.29) is 5.97 Å². The van der Waals surface area contributed by atoms with Crippen LogP contribution in [0.2, 0.25) is 0 Å². The van der Waals surface area contributed by atoms with E-state index in [1.807, 2.05) is 30.3 Å². The van der Waals surface area contributed by atoms with Crippen molar-refractivity contribution in [3.8, 4) is 11.3 Å². The Hall–Kier alpha value is -2.20. The number of ether oxygens (including phenoxy) is 1. The lowest BCUT2D eigenvalue weighted by Gasteiger charge is -2.05. The molecule has 98 valence electrons. The summed E-state index contributed by atoms with van der Waals surface area (Å²) < 4.78 is 4.94. The predicted molar refractivity (Wildman–Crippen MR) is 73.5 cm³/mol. The van der Waals surface area contributed by atoms with Crippen LogP contribution in [0.3, 0.4) is 0 Å². The lowest BCUT2D eigenvalue weighted by molar-refractivity contribution is 0.0526. The van der Waals surface area contributed by atoms with E-state index in [0.29, 0.717) is 18.7 Å². The highest BCUT2D eigenvalue weighted by Crippen LogP contribution is 2.18. The first-order valence-corrected chi connectivity index (χ1v) is 6.18. The van der Waals surface area contributed by atoms with Crippen molar-refractivity contribution in [1.29, 1.82) is 0 Å². The van der Waals surface area contributed by atoms with Gasteiger partial charge in [0.05, 0.1) is 23.6 Å². The fourth-order valence-electron chi connectivity index (χ4n) is 1.75. The number of benzene rings is 1. The number of hydrogen-bond donors (Lipinski definition) is 1. The van der Waals surface area contributed by atoms with Gasteiger partial charge in [0.25, 0.3) is 0 Å². The maximum absolute atomic E-state index is 11.5. The molecule has 0 aliphatic carbocycles. The topological polar surface area (TPSA) is 65.2 Å². The van der Waals surface area contributed by atoms with Crippen LogP contribution in [0.4, 0.5) is 0 Å². The monoisotopic (exact) mass is 256 g/mol. The molecule has 4 nitrogen and oxygen atoms in total. The first kappa shape index (κ1) is 13.2. The molecular formula is C15H16N2O2. The van der Waals surface area contributed by atoms with Crippen molar-refractivity contribution in [3.63, 3.8) is 0 Å². The molecule has 0 radical (unpaired) electrons. The van der Waals surface area contributed by atoms with Crippen molar-refractivity contribution in [2.45, 2.75) is 13.5 Å². The molecule has 0 atom stereocenters. The summed E-state index contributed by atoms with van der Waals surface area (Å²) in [6.07, 6.45) is 0. The van der Waals surface area contributed by atoms with E-state index in [0.717, 1.165) is 17.0 Å². The van der Waals surface area contributed by atoms with Gasteiger partial charge in [0, 0.05) is 12.1 Å². The molecular weight excluding hydrogens is 240 g/mol. The maximum atomic E-state index is 11.5. The minimum atomic E-state index is -0.308. The van der Waals surface area contributed by atoms with Crippen LogP contribution in [0.15, 0.2) is 42.5 Å². The van der Waals surface area contributed by atoms with E-state index < -0.39 is 0 Å². The van der Waals surface area contributed by atoms with Crippen LogP contribution < -0.4 is 5.73 Å². The van der Waals surface area contributed by atoms with Gasteiger partial charge in [-0.3, -0.25) is 4.98 Å². The number of esters is 1. The van der Waals surface area contributed by atoms with Crippen molar-refractivity contribution in [3.05, 3.63) is 53.7 Å². The molecule has 0 aliphatic rings. The minimum absolute atomic E-state index is 0.308. The number of nitrogens with zero attached hydrogens (tertiary/aromatic N) is 1. The van der Waals surface area contributed by atoms with E-state index in [1.54, 1.807) is 19.1 Å². The molecule has 1 aromatic carbocycles. The first-order valence-electron chi connectivity index (χ1n) is 6.18.